The summed E-state index contributed by atoms with van der Waals surface area (Å²) in [5.74, 6) is 0.731. The van der Waals surface area contributed by atoms with E-state index >= 15 is 0 Å². The molecular formula is C16H26N2. The molecule has 1 aliphatic rings. The molecule has 2 nitrogen and oxygen atoms in total. The molecule has 18 heavy (non-hydrogen) atoms. The maximum absolute atomic E-state index is 5.96. The van der Waals surface area contributed by atoms with Crippen molar-refractivity contribution in [3.05, 3.63) is 34.9 Å². The van der Waals surface area contributed by atoms with Crippen LogP contribution in [-0.2, 0) is 6.54 Å². The Labute approximate surface area is 111 Å². The number of hydrogen-bond acceptors (Lipinski definition) is 2. The van der Waals surface area contributed by atoms with E-state index in [0.717, 1.165) is 19.0 Å². The fourth-order valence-electron chi connectivity index (χ4n) is 3.15. The van der Waals surface area contributed by atoms with E-state index in [-0.39, 0.29) is 0 Å². The van der Waals surface area contributed by atoms with Gasteiger partial charge in [-0.1, -0.05) is 30.7 Å². The average Bonchev–Trinajstić information content (AvgIpc) is 2.33. The molecule has 0 bridgehead atoms. The fourth-order valence-corrected chi connectivity index (χ4v) is 3.15. The Kier molecular flexibility index (Phi) is 4.41. The monoisotopic (exact) mass is 246 g/mol. The van der Waals surface area contributed by atoms with Crippen molar-refractivity contribution in [3.8, 4) is 0 Å². The molecule has 100 valence electrons. The second-order valence-corrected chi connectivity index (χ2v) is 5.82. The Hall–Kier alpha value is -0.860. The predicted octanol–water partition coefficient (Wildman–Crippen LogP) is 2.86. The molecular weight excluding hydrogens is 220 g/mol. The number of rotatable bonds is 3. The number of piperidine rings is 1. The van der Waals surface area contributed by atoms with Gasteiger partial charge in [0, 0.05) is 19.1 Å². The minimum Gasteiger partial charge on any atom is -0.329 e. The summed E-state index contributed by atoms with van der Waals surface area (Å²) in [5.41, 5.74) is 10.2. The standard InChI is InChI=1S/C16H26N2/c1-12-6-7-15(14(3)9-12)11-18-8-4-5-13(2)16(18)10-17/h6-7,9,13,16H,4-5,8,10-11,17H2,1-3H3. The highest BCUT2D eigenvalue weighted by atomic mass is 15.2. The molecule has 2 atom stereocenters. The first kappa shape index (κ1) is 13.6. The third-order valence-corrected chi connectivity index (χ3v) is 4.34. The molecule has 0 saturated carbocycles. The predicted molar refractivity (Wildman–Crippen MR) is 77.6 cm³/mol. The number of likely N-dealkylation sites (tertiary alicyclic amines) is 1. The average molecular weight is 246 g/mol. The van der Waals surface area contributed by atoms with Crippen LogP contribution in [0, 0.1) is 19.8 Å². The topological polar surface area (TPSA) is 29.3 Å². The van der Waals surface area contributed by atoms with Crippen molar-refractivity contribution in [1.29, 1.82) is 0 Å². The summed E-state index contributed by atoms with van der Waals surface area (Å²) in [6.45, 7) is 9.74. The summed E-state index contributed by atoms with van der Waals surface area (Å²) >= 11 is 0. The van der Waals surface area contributed by atoms with Crippen molar-refractivity contribution >= 4 is 0 Å². The summed E-state index contributed by atoms with van der Waals surface area (Å²) < 4.78 is 0. The van der Waals surface area contributed by atoms with Crippen LogP contribution in [0.25, 0.3) is 0 Å². The zero-order valence-electron chi connectivity index (χ0n) is 11.9. The quantitative estimate of drug-likeness (QED) is 0.888. The van der Waals surface area contributed by atoms with Gasteiger partial charge in [-0.3, -0.25) is 4.90 Å². The molecule has 1 saturated heterocycles. The largest absolute Gasteiger partial charge is 0.329 e. The lowest BCUT2D eigenvalue weighted by Gasteiger charge is -2.39. The first-order chi connectivity index (χ1) is 8.61. The summed E-state index contributed by atoms with van der Waals surface area (Å²) in [6, 6.07) is 7.32. The van der Waals surface area contributed by atoms with Crippen LogP contribution in [-0.4, -0.2) is 24.0 Å². The summed E-state index contributed by atoms with van der Waals surface area (Å²) in [6.07, 6.45) is 2.63. The van der Waals surface area contributed by atoms with Crippen molar-refractivity contribution in [2.24, 2.45) is 11.7 Å². The zero-order valence-corrected chi connectivity index (χ0v) is 11.9. The minimum absolute atomic E-state index is 0.555. The molecule has 2 N–H and O–H groups in total. The van der Waals surface area contributed by atoms with Gasteiger partial charge in [0.1, 0.15) is 0 Å². The first-order valence-electron chi connectivity index (χ1n) is 7.12. The van der Waals surface area contributed by atoms with Gasteiger partial charge in [0.15, 0.2) is 0 Å². The molecule has 2 heteroatoms. The van der Waals surface area contributed by atoms with Crippen LogP contribution in [0.1, 0.15) is 36.5 Å². The highest BCUT2D eigenvalue weighted by Crippen LogP contribution is 2.25. The van der Waals surface area contributed by atoms with Crippen LogP contribution in [0.15, 0.2) is 18.2 Å². The smallest absolute Gasteiger partial charge is 0.0247 e. The second kappa shape index (κ2) is 5.85. The maximum Gasteiger partial charge on any atom is 0.0247 e. The van der Waals surface area contributed by atoms with Crippen molar-refractivity contribution in [2.75, 3.05) is 13.1 Å². The van der Waals surface area contributed by atoms with Crippen LogP contribution < -0.4 is 5.73 Å². The van der Waals surface area contributed by atoms with E-state index < -0.39 is 0 Å². The summed E-state index contributed by atoms with van der Waals surface area (Å²) in [4.78, 5) is 2.58. The SMILES string of the molecule is Cc1ccc(CN2CCCC(C)C2CN)c(C)c1. The first-order valence-corrected chi connectivity index (χ1v) is 7.12. The highest BCUT2D eigenvalue weighted by Gasteiger charge is 2.27. The van der Waals surface area contributed by atoms with Gasteiger partial charge in [0.2, 0.25) is 0 Å². The van der Waals surface area contributed by atoms with Crippen LogP contribution in [0.5, 0.6) is 0 Å². The number of aryl methyl sites for hydroxylation is 2. The lowest BCUT2D eigenvalue weighted by Crippen LogP contribution is -2.48. The molecule has 1 fully saturated rings. The van der Waals surface area contributed by atoms with Crippen LogP contribution in [0.4, 0.5) is 0 Å². The van der Waals surface area contributed by atoms with Crippen molar-refractivity contribution in [3.63, 3.8) is 0 Å². The molecule has 0 amide bonds. The third-order valence-electron chi connectivity index (χ3n) is 4.34. The number of hydrogen-bond donors (Lipinski definition) is 1. The van der Waals surface area contributed by atoms with Gasteiger partial charge in [0.25, 0.3) is 0 Å². The Morgan fingerprint density at radius 3 is 2.78 bits per heavy atom. The van der Waals surface area contributed by atoms with E-state index in [1.54, 1.807) is 0 Å². The molecule has 0 aliphatic carbocycles. The zero-order chi connectivity index (χ0) is 13.1. The number of nitrogens with two attached hydrogens (primary N) is 1. The minimum atomic E-state index is 0.555. The molecule has 1 aromatic rings. The van der Waals surface area contributed by atoms with Gasteiger partial charge in [-0.05, 0) is 50.3 Å². The van der Waals surface area contributed by atoms with E-state index in [1.165, 1.54) is 36.1 Å². The number of benzene rings is 1. The van der Waals surface area contributed by atoms with E-state index in [0.29, 0.717) is 6.04 Å². The van der Waals surface area contributed by atoms with Gasteiger partial charge in [-0.15, -0.1) is 0 Å². The summed E-state index contributed by atoms with van der Waals surface area (Å²) in [7, 11) is 0. The molecule has 1 aromatic carbocycles. The lowest BCUT2D eigenvalue weighted by molar-refractivity contribution is 0.0989. The van der Waals surface area contributed by atoms with Crippen molar-refractivity contribution in [2.45, 2.75) is 46.2 Å². The van der Waals surface area contributed by atoms with Crippen LogP contribution in [0.2, 0.25) is 0 Å². The van der Waals surface area contributed by atoms with Crippen LogP contribution in [0.3, 0.4) is 0 Å². The highest BCUT2D eigenvalue weighted by molar-refractivity contribution is 5.30. The maximum atomic E-state index is 5.96. The van der Waals surface area contributed by atoms with Gasteiger partial charge >= 0.3 is 0 Å². The van der Waals surface area contributed by atoms with E-state index in [1.807, 2.05) is 0 Å². The molecule has 2 rings (SSSR count). The van der Waals surface area contributed by atoms with Gasteiger partial charge in [-0.2, -0.15) is 0 Å². The Balaban J connectivity index is 2.11. The van der Waals surface area contributed by atoms with E-state index in [2.05, 4.69) is 43.9 Å². The second-order valence-electron chi connectivity index (χ2n) is 5.82. The molecule has 0 aromatic heterocycles. The van der Waals surface area contributed by atoms with Gasteiger partial charge < -0.3 is 5.73 Å². The Morgan fingerprint density at radius 2 is 2.11 bits per heavy atom. The molecule has 0 spiro atoms. The molecule has 2 unspecified atom stereocenters. The third kappa shape index (κ3) is 2.93. The number of nitrogens with zero attached hydrogens (tertiary/aromatic N) is 1. The van der Waals surface area contributed by atoms with Gasteiger partial charge in [0.05, 0.1) is 0 Å². The fraction of sp³-hybridized carbons (Fsp3) is 0.625. The van der Waals surface area contributed by atoms with Crippen molar-refractivity contribution < 1.29 is 0 Å². The lowest BCUT2D eigenvalue weighted by atomic mass is 9.90. The molecule has 1 aliphatic heterocycles. The van der Waals surface area contributed by atoms with Crippen molar-refractivity contribution in [1.82, 2.24) is 4.90 Å². The molecule has 1 heterocycles. The molecule has 0 radical (unpaired) electrons. The van der Waals surface area contributed by atoms with Crippen LogP contribution >= 0.6 is 0 Å². The van der Waals surface area contributed by atoms with E-state index in [9.17, 15) is 0 Å². The van der Waals surface area contributed by atoms with E-state index in [4.69, 9.17) is 5.73 Å². The Bertz CT molecular complexity index is 400. The summed E-state index contributed by atoms with van der Waals surface area (Å²) in [5, 5.41) is 0. The van der Waals surface area contributed by atoms with Gasteiger partial charge in [-0.25, -0.2) is 0 Å². The normalized spacial score (nSPS) is 25.3. The Morgan fingerprint density at radius 1 is 1.33 bits per heavy atom.